The molecule has 5 nitrogen and oxygen atoms in total. The van der Waals surface area contributed by atoms with E-state index < -0.39 is 0 Å². The van der Waals surface area contributed by atoms with Gasteiger partial charge in [-0.15, -0.1) is 0 Å². The van der Waals surface area contributed by atoms with Gasteiger partial charge in [0.05, 0.1) is 12.7 Å². The molecule has 0 amide bonds. The van der Waals surface area contributed by atoms with Crippen LogP contribution in [-0.4, -0.2) is 44.2 Å². The first-order valence-electron chi connectivity index (χ1n) is 9.95. The van der Waals surface area contributed by atoms with Crippen molar-refractivity contribution in [3.05, 3.63) is 29.3 Å². The Morgan fingerprint density at radius 2 is 2.04 bits per heavy atom. The Morgan fingerprint density at radius 1 is 1.23 bits per heavy atom. The molecule has 0 unspecified atom stereocenters. The molecule has 5 heteroatoms. The molecule has 0 aromatic heterocycles. The van der Waals surface area contributed by atoms with Crippen LogP contribution in [0.15, 0.2) is 18.2 Å². The number of nitrogens with two attached hydrogens (primary N) is 1. The van der Waals surface area contributed by atoms with Crippen LogP contribution in [0.2, 0.25) is 0 Å². The Labute approximate surface area is 156 Å². The van der Waals surface area contributed by atoms with Gasteiger partial charge in [-0.1, -0.05) is 17.7 Å². The molecule has 1 heterocycles. The monoisotopic (exact) mass is 360 g/mol. The number of aldehydes is 1. The molecule has 1 saturated heterocycles. The first-order valence-corrected chi connectivity index (χ1v) is 9.95. The lowest BCUT2D eigenvalue weighted by atomic mass is 9.82. The van der Waals surface area contributed by atoms with Crippen molar-refractivity contribution in [2.24, 2.45) is 5.73 Å². The maximum atomic E-state index is 10.6. The fourth-order valence-electron chi connectivity index (χ4n) is 4.18. The van der Waals surface area contributed by atoms with Crippen molar-refractivity contribution in [3.63, 3.8) is 0 Å². The smallest absolute Gasteiger partial charge is 0.157 e. The molecule has 2 fully saturated rings. The lowest BCUT2D eigenvalue weighted by Crippen LogP contribution is -2.52. The molecular formula is C21H32N2O3. The van der Waals surface area contributed by atoms with Crippen LogP contribution in [0.4, 0.5) is 0 Å². The molecule has 1 aromatic rings. The number of rotatable bonds is 7. The summed E-state index contributed by atoms with van der Waals surface area (Å²) in [5.74, 6) is 1.33. The van der Waals surface area contributed by atoms with Gasteiger partial charge in [-0.25, -0.2) is 0 Å². The zero-order valence-corrected chi connectivity index (χ0v) is 15.8. The van der Waals surface area contributed by atoms with E-state index in [0.29, 0.717) is 24.7 Å². The Bertz CT molecular complexity index is 585. The number of hydrogen-bond acceptors (Lipinski definition) is 5. The van der Waals surface area contributed by atoms with E-state index in [0.717, 1.165) is 57.1 Å². The van der Waals surface area contributed by atoms with E-state index in [-0.39, 0.29) is 12.6 Å². The molecule has 3 N–H and O–H groups in total. The largest absolute Gasteiger partial charge is 0.486 e. The highest BCUT2D eigenvalue weighted by Gasteiger charge is 2.27. The van der Waals surface area contributed by atoms with Crippen LogP contribution in [0.25, 0.3) is 0 Å². The quantitative estimate of drug-likeness (QED) is 0.732. The summed E-state index contributed by atoms with van der Waals surface area (Å²) in [5, 5.41) is 3.48. The highest BCUT2D eigenvalue weighted by molar-refractivity contribution is 5.52. The van der Waals surface area contributed by atoms with Crippen LogP contribution >= 0.6 is 0 Å². The molecule has 0 spiro atoms. The van der Waals surface area contributed by atoms with E-state index in [4.69, 9.17) is 15.2 Å². The summed E-state index contributed by atoms with van der Waals surface area (Å²) in [5.41, 5.74) is 8.65. The first-order chi connectivity index (χ1) is 12.7. The normalized spacial score (nSPS) is 29.3. The van der Waals surface area contributed by atoms with Crippen molar-refractivity contribution in [1.82, 2.24) is 5.32 Å². The minimum atomic E-state index is 0.114. The van der Waals surface area contributed by atoms with Crippen molar-refractivity contribution >= 4 is 6.29 Å². The predicted octanol–water partition coefficient (Wildman–Crippen LogP) is 2.69. The minimum Gasteiger partial charge on any atom is -0.486 e. The maximum Gasteiger partial charge on any atom is 0.157 e. The van der Waals surface area contributed by atoms with Gasteiger partial charge in [0.2, 0.25) is 0 Å². The summed E-state index contributed by atoms with van der Waals surface area (Å²) < 4.78 is 11.8. The van der Waals surface area contributed by atoms with E-state index in [1.54, 1.807) is 0 Å². The van der Waals surface area contributed by atoms with E-state index in [1.165, 1.54) is 11.1 Å². The average Bonchev–Trinajstić information content (AvgIpc) is 2.67. The number of benzene rings is 1. The molecule has 1 saturated carbocycles. The van der Waals surface area contributed by atoms with Crippen LogP contribution in [0, 0.1) is 6.92 Å². The molecule has 1 aromatic carbocycles. The second-order valence-corrected chi connectivity index (χ2v) is 7.69. The Kier molecular flexibility index (Phi) is 7.06. The number of ether oxygens (including phenoxy) is 2. The second kappa shape index (κ2) is 9.49. The summed E-state index contributed by atoms with van der Waals surface area (Å²) in [6, 6.07) is 6.74. The lowest BCUT2D eigenvalue weighted by Gasteiger charge is -2.34. The predicted molar refractivity (Wildman–Crippen MR) is 103 cm³/mol. The maximum absolute atomic E-state index is 10.6. The summed E-state index contributed by atoms with van der Waals surface area (Å²) in [6.07, 6.45) is 7.69. The van der Waals surface area contributed by atoms with Crippen LogP contribution in [0.5, 0.6) is 5.75 Å². The van der Waals surface area contributed by atoms with Crippen LogP contribution in [-0.2, 0) is 9.53 Å². The zero-order valence-electron chi connectivity index (χ0n) is 15.8. The summed E-state index contributed by atoms with van der Waals surface area (Å²) in [4.78, 5) is 10.6. The van der Waals surface area contributed by atoms with Crippen LogP contribution < -0.4 is 15.8 Å². The highest BCUT2D eigenvalue weighted by atomic mass is 16.5. The Balaban J connectivity index is 1.52. The fraction of sp³-hybridized carbons (Fsp3) is 0.667. The SMILES string of the molecule is Cc1ccc(OCC=O)c([C@H]2CC[C@@H](OC[C@@H]3NCCC[C@@H]3N)CC2)c1. The van der Waals surface area contributed by atoms with Gasteiger partial charge in [-0.3, -0.25) is 4.79 Å². The molecule has 26 heavy (non-hydrogen) atoms. The van der Waals surface area contributed by atoms with Crippen molar-refractivity contribution in [3.8, 4) is 5.75 Å². The van der Waals surface area contributed by atoms with Crippen LogP contribution in [0.1, 0.15) is 55.6 Å². The van der Waals surface area contributed by atoms with E-state index >= 15 is 0 Å². The number of nitrogens with one attached hydrogen (secondary N) is 1. The first kappa shape index (κ1) is 19.3. The third kappa shape index (κ3) is 5.06. The number of carbonyl (C=O) groups excluding carboxylic acids is 1. The second-order valence-electron chi connectivity index (χ2n) is 7.69. The summed E-state index contributed by atoms with van der Waals surface area (Å²) in [6.45, 7) is 3.98. The molecular weight excluding hydrogens is 328 g/mol. The summed E-state index contributed by atoms with van der Waals surface area (Å²) >= 11 is 0. The van der Waals surface area contributed by atoms with Gasteiger partial charge in [-0.2, -0.15) is 0 Å². The zero-order chi connectivity index (χ0) is 18.4. The van der Waals surface area contributed by atoms with E-state index in [9.17, 15) is 4.79 Å². The number of hydrogen-bond donors (Lipinski definition) is 2. The topological polar surface area (TPSA) is 73.6 Å². The average molecular weight is 360 g/mol. The van der Waals surface area contributed by atoms with Crippen molar-refractivity contribution in [1.29, 1.82) is 0 Å². The molecule has 0 radical (unpaired) electrons. The van der Waals surface area contributed by atoms with Gasteiger partial charge in [0.25, 0.3) is 0 Å². The number of piperidine rings is 1. The number of aryl methyl sites for hydroxylation is 1. The summed E-state index contributed by atoms with van der Waals surface area (Å²) in [7, 11) is 0. The number of carbonyl (C=O) groups is 1. The van der Waals surface area contributed by atoms with Gasteiger partial charge >= 0.3 is 0 Å². The van der Waals surface area contributed by atoms with Crippen molar-refractivity contribution < 1.29 is 14.3 Å². The molecule has 2 aliphatic rings. The van der Waals surface area contributed by atoms with Gasteiger partial charge in [0, 0.05) is 12.1 Å². The highest BCUT2D eigenvalue weighted by Crippen LogP contribution is 2.38. The molecule has 0 bridgehead atoms. The van der Waals surface area contributed by atoms with Crippen LogP contribution in [0.3, 0.4) is 0 Å². The van der Waals surface area contributed by atoms with Gasteiger partial charge in [-0.05, 0) is 69.5 Å². The third-order valence-corrected chi connectivity index (χ3v) is 5.74. The Morgan fingerprint density at radius 3 is 2.77 bits per heavy atom. The van der Waals surface area contributed by atoms with Gasteiger partial charge in [0.15, 0.2) is 6.29 Å². The van der Waals surface area contributed by atoms with Crippen molar-refractivity contribution in [2.45, 2.75) is 69.6 Å². The van der Waals surface area contributed by atoms with Crippen molar-refractivity contribution in [2.75, 3.05) is 19.8 Å². The van der Waals surface area contributed by atoms with Gasteiger partial charge in [0.1, 0.15) is 12.4 Å². The third-order valence-electron chi connectivity index (χ3n) is 5.74. The minimum absolute atomic E-state index is 0.114. The fourth-order valence-corrected chi connectivity index (χ4v) is 4.18. The van der Waals surface area contributed by atoms with E-state index in [1.807, 2.05) is 12.1 Å². The molecule has 1 aliphatic carbocycles. The lowest BCUT2D eigenvalue weighted by molar-refractivity contribution is -0.109. The molecule has 2 atom stereocenters. The Hall–Kier alpha value is -1.43. The van der Waals surface area contributed by atoms with E-state index in [2.05, 4.69) is 18.3 Å². The standard InChI is InChI=1S/C21H32N2O3/c1-15-4-9-21(25-12-11-24)18(13-15)16-5-7-17(8-6-16)26-14-20-19(22)3-2-10-23-20/h4,9,11,13,16-17,19-20,23H,2-3,5-8,10,12,14,22H2,1H3/t16-,17+,19-,20-/m0/s1. The molecule has 3 rings (SSSR count). The molecule has 144 valence electrons. The molecule has 1 aliphatic heterocycles. The van der Waals surface area contributed by atoms with Gasteiger partial charge < -0.3 is 20.5 Å².